The van der Waals surface area contributed by atoms with Crippen LogP contribution < -0.4 is 4.72 Å². The Kier molecular flexibility index (Phi) is 3.55. The van der Waals surface area contributed by atoms with Crippen molar-refractivity contribution in [3.05, 3.63) is 0 Å². The van der Waals surface area contributed by atoms with Gasteiger partial charge in [-0.15, -0.1) is 0 Å². The predicted molar refractivity (Wildman–Crippen MR) is 55.4 cm³/mol. The van der Waals surface area contributed by atoms with E-state index in [2.05, 4.69) is 4.72 Å². The largest absolute Gasteiger partial charge is 0.396 e. The Bertz CT molecular complexity index is 280. The minimum absolute atomic E-state index is 0.0954. The molecule has 84 valence electrons. The van der Waals surface area contributed by atoms with Gasteiger partial charge in [-0.25, -0.2) is 13.1 Å². The lowest BCUT2D eigenvalue weighted by molar-refractivity contribution is 0.213. The average molecular weight is 221 g/mol. The van der Waals surface area contributed by atoms with E-state index in [9.17, 15) is 8.42 Å². The molecule has 0 amide bonds. The van der Waals surface area contributed by atoms with Crippen molar-refractivity contribution >= 4 is 10.0 Å². The van der Waals surface area contributed by atoms with Gasteiger partial charge in [0.25, 0.3) is 0 Å². The molecule has 1 rings (SSSR count). The molecule has 5 heteroatoms. The summed E-state index contributed by atoms with van der Waals surface area (Å²) in [7, 11) is -3.07. The molecule has 0 aliphatic heterocycles. The zero-order valence-electron chi connectivity index (χ0n) is 8.78. The Balaban J connectivity index is 2.39. The summed E-state index contributed by atoms with van der Waals surface area (Å²) in [6.45, 7) is 4.39. The van der Waals surface area contributed by atoms with Gasteiger partial charge in [0.15, 0.2) is 0 Å². The second-order valence-corrected chi connectivity index (χ2v) is 6.75. The summed E-state index contributed by atoms with van der Waals surface area (Å²) in [6, 6.07) is 0. The SMILES string of the molecule is CC(C)(CCO)CNS(=O)(=O)C1CC1. The molecule has 0 bridgehead atoms. The van der Waals surface area contributed by atoms with Crippen molar-refractivity contribution in [2.75, 3.05) is 13.2 Å². The zero-order valence-corrected chi connectivity index (χ0v) is 9.60. The van der Waals surface area contributed by atoms with Gasteiger partial charge >= 0.3 is 0 Å². The maximum Gasteiger partial charge on any atom is 0.214 e. The van der Waals surface area contributed by atoms with Crippen LogP contribution in [0.1, 0.15) is 33.1 Å². The molecule has 0 saturated heterocycles. The lowest BCUT2D eigenvalue weighted by atomic mass is 9.90. The zero-order chi connectivity index (χ0) is 10.8. The van der Waals surface area contributed by atoms with Crippen LogP contribution in [0.25, 0.3) is 0 Å². The third-order valence-corrected chi connectivity index (χ3v) is 4.40. The highest BCUT2D eigenvalue weighted by molar-refractivity contribution is 7.90. The van der Waals surface area contributed by atoms with Crippen molar-refractivity contribution in [1.29, 1.82) is 0 Å². The number of aliphatic hydroxyl groups is 1. The molecular weight excluding hydrogens is 202 g/mol. The molecule has 0 unspecified atom stereocenters. The summed E-state index contributed by atoms with van der Waals surface area (Å²) in [6.07, 6.45) is 2.19. The minimum Gasteiger partial charge on any atom is -0.396 e. The molecule has 0 aromatic carbocycles. The molecule has 0 spiro atoms. The van der Waals surface area contributed by atoms with Crippen LogP contribution in [-0.2, 0) is 10.0 Å². The predicted octanol–water partition coefficient (Wildman–Crippen LogP) is 0.477. The van der Waals surface area contributed by atoms with Gasteiger partial charge in [-0.1, -0.05) is 13.8 Å². The molecule has 0 aromatic heterocycles. The van der Waals surface area contributed by atoms with Crippen molar-refractivity contribution in [1.82, 2.24) is 4.72 Å². The molecule has 0 atom stereocenters. The third kappa shape index (κ3) is 3.55. The van der Waals surface area contributed by atoms with Crippen LogP contribution in [-0.4, -0.2) is 31.9 Å². The average Bonchev–Trinajstić information content (AvgIpc) is 2.83. The molecule has 1 fully saturated rings. The quantitative estimate of drug-likeness (QED) is 0.685. The van der Waals surface area contributed by atoms with Gasteiger partial charge in [0, 0.05) is 13.2 Å². The fraction of sp³-hybridized carbons (Fsp3) is 1.00. The molecule has 4 nitrogen and oxygen atoms in total. The number of hydrogen-bond donors (Lipinski definition) is 2. The van der Waals surface area contributed by atoms with Crippen LogP contribution in [0.15, 0.2) is 0 Å². The summed E-state index contributed by atoms with van der Waals surface area (Å²) >= 11 is 0. The van der Waals surface area contributed by atoms with E-state index in [-0.39, 0.29) is 17.3 Å². The Morgan fingerprint density at radius 3 is 2.43 bits per heavy atom. The van der Waals surface area contributed by atoms with Gasteiger partial charge < -0.3 is 5.11 Å². The van der Waals surface area contributed by atoms with Crippen molar-refractivity contribution < 1.29 is 13.5 Å². The first-order valence-electron chi connectivity index (χ1n) is 4.97. The summed E-state index contributed by atoms with van der Waals surface area (Å²) in [5.41, 5.74) is -0.170. The van der Waals surface area contributed by atoms with E-state index in [1.54, 1.807) is 0 Å². The van der Waals surface area contributed by atoms with Gasteiger partial charge in [-0.05, 0) is 24.7 Å². The van der Waals surface area contributed by atoms with Gasteiger partial charge in [0.1, 0.15) is 0 Å². The number of hydrogen-bond acceptors (Lipinski definition) is 3. The van der Waals surface area contributed by atoms with Crippen LogP contribution >= 0.6 is 0 Å². The highest BCUT2D eigenvalue weighted by Gasteiger charge is 2.36. The van der Waals surface area contributed by atoms with Crippen LogP contribution in [0.5, 0.6) is 0 Å². The molecule has 0 radical (unpaired) electrons. The van der Waals surface area contributed by atoms with Gasteiger partial charge in [-0.2, -0.15) is 0 Å². The molecule has 14 heavy (non-hydrogen) atoms. The fourth-order valence-corrected chi connectivity index (χ4v) is 2.77. The van der Waals surface area contributed by atoms with Crippen molar-refractivity contribution in [2.24, 2.45) is 5.41 Å². The van der Waals surface area contributed by atoms with Crippen molar-refractivity contribution in [2.45, 2.75) is 38.4 Å². The first kappa shape index (κ1) is 11.9. The molecule has 1 aliphatic rings. The highest BCUT2D eigenvalue weighted by Crippen LogP contribution is 2.28. The van der Waals surface area contributed by atoms with E-state index < -0.39 is 10.0 Å². The topological polar surface area (TPSA) is 66.4 Å². The third-order valence-electron chi connectivity index (χ3n) is 2.50. The normalized spacial score (nSPS) is 18.5. The first-order chi connectivity index (χ1) is 6.37. The van der Waals surface area contributed by atoms with Gasteiger partial charge in [0.2, 0.25) is 10.0 Å². The van der Waals surface area contributed by atoms with Gasteiger partial charge in [-0.3, -0.25) is 0 Å². The first-order valence-corrected chi connectivity index (χ1v) is 6.51. The Labute approximate surface area is 85.8 Å². The lowest BCUT2D eigenvalue weighted by Gasteiger charge is -2.23. The van der Waals surface area contributed by atoms with E-state index in [1.165, 1.54) is 0 Å². The standard InChI is InChI=1S/C9H19NO3S/c1-9(2,5-6-11)7-10-14(12,13)8-3-4-8/h8,10-11H,3-7H2,1-2H3. The van der Waals surface area contributed by atoms with Crippen molar-refractivity contribution in [3.63, 3.8) is 0 Å². The maximum atomic E-state index is 11.5. The summed E-state index contributed by atoms with van der Waals surface area (Å²) < 4.78 is 25.5. The van der Waals surface area contributed by atoms with Crippen LogP contribution in [0.3, 0.4) is 0 Å². The lowest BCUT2D eigenvalue weighted by Crippen LogP contribution is -2.36. The monoisotopic (exact) mass is 221 g/mol. The summed E-state index contributed by atoms with van der Waals surface area (Å²) in [5, 5.41) is 8.62. The minimum atomic E-state index is -3.07. The van der Waals surface area contributed by atoms with E-state index >= 15 is 0 Å². The van der Waals surface area contributed by atoms with Crippen LogP contribution in [0.2, 0.25) is 0 Å². The van der Waals surface area contributed by atoms with E-state index in [0.717, 1.165) is 12.8 Å². The second kappa shape index (κ2) is 4.16. The number of nitrogens with one attached hydrogen (secondary N) is 1. The number of rotatable bonds is 6. The molecule has 2 N–H and O–H groups in total. The van der Waals surface area contributed by atoms with Crippen LogP contribution in [0, 0.1) is 5.41 Å². The molecule has 0 aromatic rings. The Morgan fingerprint density at radius 1 is 1.43 bits per heavy atom. The second-order valence-electron chi connectivity index (χ2n) is 4.70. The highest BCUT2D eigenvalue weighted by atomic mass is 32.2. The molecule has 1 aliphatic carbocycles. The number of sulfonamides is 1. The van der Waals surface area contributed by atoms with E-state index in [4.69, 9.17) is 5.11 Å². The Hall–Kier alpha value is -0.130. The smallest absolute Gasteiger partial charge is 0.214 e. The fourth-order valence-electron chi connectivity index (χ4n) is 1.18. The molecule has 0 heterocycles. The maximum absolute atomic E-state index is 11.5. The van der Waals surface area contributed by atoms with Crippen LogP contribution in [0.4, 0.5) is 0 Å². The van der Waals surface area contributed by atoms with E-state index in [0.29, 0.717) is 13.0 Å². The summed E-state index contributed by atoms with van der Waals surface area (Å²) in [4.78, 5) is 0. The van der Waals surface area contributed by atoms with E-state index in [1.807, 2.05) is 13.8 Å². The van der Waals surface area contributed by atoms with Crippen molar-refractivity contribution in [3.8, 4) is 0 Å². The molecular formula is C9H19NO3S. The number of aliphatic hydroxyl groups excluding tert-OH is 1. The molecule has 1 saturated carbocycles. The Morgan fingerprint density at radius 2 is 2.00 bits per heavy atom. The van der Waals surface area contributed by atoms with Gasteiger partial charge in [0.05, 0.1) is 5.25 Å². The summed E-state index contributed by atoms with van der Waals surface area (Å²) in [5.74, 6) is 0.